The number of urea groups is 1. The zero-order valence-corrected chi connectivity index (χ0v) is 15.3. The molecule has 1 atom stereocenters. The first-order chi connectivity index (χ1) is 12.7. The average Bonchev–Trinajstić information content (AvgIpc) is 2.69. The van der Waals surface area contributed by atoms with Crippen LogP contribution in [0.5, 0.6) is 0 Å². The van der Waals surface area contributed by atoms with Crippen molar-refractivity contribution in [2.24, 2.45) is 0 Å². The Morgan fingerprint density at radius 1 is 1.08 bits per heavy atom. The summed E-state index contributed by atoms with van der Waals surface area (Å²) in [5, 5.41) is 3.12. The van der Waals surface area contributed by atoms with Gasteiger partial charge in [-0.3, -0.25) is 0 Å². The zero-order valence-electron chi connectivity index (χ0n) is 14.5. The van der Waals surface area contributed by atoms with Crippen molar-refractivity contribution in [3.63, 3.8) is 0 Å². The third kappa shape index (κ3) is 3.65. The molecule has 2 aliphatic rings. The van der Waals surface area contributed by atoms with Crippen LogP contribution in [0.3, 0.4) is 0 Å². The molecule has 1 unspecified atom stereocenters. The fourth-order valence-electron chi connectivity index (χ4n) is 3.56. The van der Waals surface area contributed by atoms with Crippen LogP contribution in [0.1, 0.15) is 18.0 Å². The molecule has 2 heterocycles. The maximum atomic E-state index is 13.6. The van der Waals surface area contributed by atoms with Crippen molar-refractivity contribution in [2.75, 3.05) is 36.8 Å². The number of carbonyl (C=O) groups excluding carboxylic acids is 1. The number of nitrogens with zero attached hydrogens (tertiary/aromatic N) is 2. The Morgan fingerprint density at radius 2 is 1.85 bits per heavy atom. The first-order valence-corrected chi connectivity index (χ1v) is 9.97. The number of amides is 2. The van der Waals surface area contributed by atoms with Gasteiger partial charge < -0.3 is 15.1 Å². The topological polar surface area (TPSA) is 35.6 Å². The number of rotatable bonds is 2. The molecule has 136 valence electrons. The Bertz CT molecular complexity index is 778. The number of nitrogens with one attached hydrogen (secondary N) is 1. The minimum Gasteiger partial charge on any atom is -0.368 e. The molecule has 6 heteroatoms. The maximum absolute atomic E-state index is 13.6. The number of thioether (sulfide) groups is 1. The molecule has 0 bridgehead atoms. The Hall–Kier alpha value is -2.21. The lowest BCUT2D eigenvalue weighted by atomic mass is 10.0. The summed E-state index contributed by atoms with van der Waals surface area (Å²) in [6.45, 7) is 3.03. The highest BCUT2D eigenvalue weighted by atomic mass is 32.2. The van der Waals surface area contributed by atoms with E-state index in [1.165, 1.54) is 11.8 Å². The molecule has 0 radical (unpaired) electrons. The van der Waals surface area contributed by atoms with Gasteiger partial charge in [-0.15, -0.1) is 11.8 Å². The Balaban J connectivity index is 1.37. The molecule has 0 aromatic heterocycles. The zero-order chi connectivity index (χ0) is 17.9. The summed E-state index contributed by atoms with van der Waals surface area (Å²) in [4.78, 5) is 17.9. The smallest absolute Gasteiger partial charge is 0.318 e. The van der Waals surface area contributed by atoms with Gasteiger partial charge in [-0.05, 0) is 42.3 Å². The largest absolute Gasteiger partial charge is 0.368 e. The molecule has 4 rings (SSSR count). The summed E-state index contributed by atoms with van der Waals surface area (Å²) in [5.74, 6) is 0.688. The van der Waals surface area contributed by atoms with Gasteiger partial charge in [0.2, 0.25) is 0 Å². The van der Waals surface area contributed by atoms with Gasteiger partial charge >= 0.3 is 6.03 Å². The van der Waals surface area contributed by atoms with Crippen LogP contribution in [-0.4, -0.2) is 42.9 Å². The minimum atomic E-state index is -0.248. The van der Waals surface area contributed by atoms with E-state index in [2.05, 4.69) is 22.3 Å². The number of fused-ring (bicyclic) bond motifs is 1. The van der Waals surface area contributed by atoms with Crippen molar-refractivity contribution in [3.05, 3.63) is 59.9 Å². The molecule has 2 aliphatic heterocycles. The lowest BCUT2D eigenvalue weighted by Crippen LogP contribution is -2.52. The summed E-state index contributed by atoms with van der Waals surface area (Å²) in [5.41, 5.74) is 2.10. The number of carbonyl (C=O) groups is 1. The molecule has 26 heavy (non-hydrogen) atoms. The fourth-order valence-corrected chi connectivity index (χ4v) is 4.67. The van der Waals surface area contributed by atoms with Crippen molar-refractivity contribution in [2.45, 2.75) is 17.4 Å². The quantitative estimate of drug-likeness (QED) is 0.870. The van der Waals surface area contributed by atoms with Crippen LogP contribution >= 0.6 is 11.8 Å². The summed E-state index contributed by atoms with van der Waals surface area (Å²) in [7, 11) is 0. The lowest BCUT2D eigenvalue weighted by molar-refractivity contribution is 0.189. The standard InChI is InChI=1S/C20H22FN3OS/c21-15-6-7-19-17(14-15)18(8-13-26-19)22-20(25)24-11-9-23(10-12-24)16-4-2-1-3-5-16/h1-7,14,18H,8-13H2,(H,22,25). The summed E-state index contributed by atoms with van der Waals surface area (Å²) in [6.07, 6.45) is 0.830. The number of anilines is 1. The molecule has 2 amide bonds. The SMILES string of the molecule is O=C(NC1CCSc2ccc(F)cc21)N1CCN(c2ccccc2)CC1. The predicted octanol–water partition coefficient (Wildman–Crippen LogP) is 3.89. The number of benzene rings is 2. The van der Waals surface area contributed by atoms with Crippen molar-refractivity contribution in [1.82, 2.24) is 10.2 Å². The fraction of sp³-hybridized carbons (Fsp3) is 0.350. The van der Waals surface area contributed by atoms with Crippen LogP contribution in [0.25, 0.3) is 0 Å². The molecular weight excluding hydrogens is 349 g/mol. The first-order valence-electron chi connectivity index (χ1n) is 8.98. The lowest BCUT2D eigenvalue weighted by Gasteiger charge is -2.37. The number of piperazine rings is 1. The van der Waals surface area contributed by atoms with Crippen LogP contribution < -0.4 is 10.2 Å². The number of para-hydroxylation sites is 1. The molecule has 1 N–H and O–H groups in total. The van der Waals surface area contributed by atoms with Crippen LogP contribution in [0.2, 0.25) is 0 Å². The van der Waals surface area contributed by atoms with Gasteiger partial charge in [-0.25, -0.2) is 9.18 Å². The second kappa shape index (κ2) is 7.58. The summed E-state index contributed by atoms with van der Waals surface area (Å²) >= 11 is 1.72. The van der Waals surface area contributed by atoms with Crippen molar-refractivity contribution >= 4 is 23.5 Å². The van der Waals surface area contributed by atoms with Crippen LogP contribution in [0, 0.1) is 5.82 Å². The van der Waals surface area contributed by atoms with E-state index in [-0.39, 0.29) is 17.9 Å². The van der Waals surface area contributed by atoms with Crippen molar-refractivity contribution < 1.29 is 9.18 Å². The van der Waals surface area contributed by atoms with Gasteiger partial charge in [0.15, 0.2) is 0 Å². The molecule has 4 nitrogen and oxygen atoms in total. The monoisotopic (exact) mass is 371 g/mol. The highest BCUT2D eigenvalue weighted by Crippen LogP contribution is 2.36. The van der Waals surface area contributed by atoms with E-state index in [4.69, 9.17) is 0 Å². The summed E-state index contributed by atoms with van der Waals surface area (Å²) in [6, 6.07) is 15.0. The second-order valence-corrected chi connectivity index (χ2v) is 7.77. The van der Waals surface area contributed by atoms with Gasteiger partial charge in [-0.2, -0.15) is 0 Å². The van der Waals surface area contributed by atoms with Gasteiger partial charge in [0.1, 0.15) is 5.82 Å². The van der Waals surface area contributed by atoms with Gasteiger partial charge in [0.25, 0.3) is 0 Å². The van der Waals surface area contributed by atoms with Crippen LogP contribution in [-0.2, 0) is 0 Å². The number of halogens is 1. The molecule has 0 saturated carbocycles. The first kappa shape index (κ1) is 17.2. The molecule has 1 saturated heterocycles. The van der Waals surface area contributed by atoms with E-state index in [1.807, 2.05) is 29.2 Å². The Morgan fingerprint density at radius 3 is 2.62 bits per heavy atom. The van der Waals surface area contributed by atoms with E-state index in [0.29, 0.717) is 13.1 Å². The minimum absolute atomic E-state index is 0.0511. The summed E-state index contributed by atoms with van der Waals surface area (Å²) < 4.78 is 13.6. The Kier molecular flexibility index (Phi) is 5.02. The molecule has 2 aromatic rings. The van der Waals surface area contributed by atoms with Crippen LogP contribution in [0.15, 0.2) is 53.4 Å². The van der Waals surface area contributed by atoms with Crippen molar-refractivity contribution in [3.8, 4) is 0 Å². The Labute approximate surface area is 157 Å². The van der Waals surface area contributed by atoms with Gasteiger partial charge in [-0.1, -0.05) is 18.2 Å². The third-order valence-corrected chi connectivity index (χ3v) is 6.12. The highest BCUT2D eigenvalue weighted by Gasteiger charge is 2.27. The molecule has 0 spiro atoms. The van der Waals surface area contributed by atoms with E-state index < -0.39 is 0 Å². The van der Waals surface area contributed by atoms with E-state index in [0.717, 1.165) is 35.7 Å². The van der Waals surface area contributed by atoms with E-state index in [1.54, 1.807) is 17.8 Å². The highest BCUT2D eigenvalue weighted by molar-refractivity contribution is 7.99. The van der Waals surface area contributed by atoms with Crippen LogP contribution in [0.4, 0.5) is 14.9 Å². The van der Waals surface area contributed by atoms with Crippen molar-refractivity contribution in [1.29, 1.82) is 0 Å². The van der Waals surface area contributed by atoms with Gasteiger partial charge in [0.05, 0.1) is 6.04 Å². The van der Waals surface area contributed by atoms with E-state index in [9.17, 15) is 9.18 Å². The van der Waals surface area contributed by atoms with E-state index >= 15 is 0 Å². The number of hydrogen-bond donors (Lipinski definition) is 1. The number of hydrogen-bond acceptors (Lipinski definition) is 3. The molecule has 0 aliphatic carbocycles. The average molecular weight is 371 g/mol. The second-order valence-electron chi connectivity index (χ2n) is 6.63. The predicted molar refractivity (Wildman–Crippen MR) is 103 cm³/mol. The molecule has 1 fully saturated rings. The normalized spacial score (nSPS) is 19.8. The maximum Gasteiger partial charge on any atom is 0.318 e. The molecular formula is C20H22FN3OS. The third-order valence-electron chi connectivity index (χ3n) is 5.00. The molecule has 2 aromatic carbocycles. The van der Waals surface area contributed by atoms with Gasteiger partial charge in [0, 0.05) is 42.5 Å².